The third-order valence-electron chi connectivity index (χ3n) is 1.37. The Labute approximate surface area is 62.6 Å². The summed E-state index contributed by atoms with van der Waals surface area (Å²) in [7, 11) is 4.94. The summed E-state index contributed by atoms with van der Waals surface area (Å²) in [5.74, 6) is 0. The van der Waals surface area contributed by atoms with Crippen molar-refractivity contribution in [3.05, 3.63) is 0 Å². The number of hydrogen-bond acceptors (Lipinski definition) is 3. The Morgan fingerprint density at radius 1 is 1.00 bits per heavy atom. The predicted octanol–water partition coefficient (Wildman–Crippen LogP) is 1.26. The van der Waals surface area contributed by atoms with Crippen LogP contribution in [0.2, 0.25) is 4.13 Å². The van der Waals surface area contributed by atoms with Crippen LogP contribution in [0.3, 0.4) is 0 Å². The molecule has 0 aliphatic carbocycles. The van der Waals surface area contributed by atoms with E-state index >= 15 is 0 Å². The summed E-state index contributed by atoms with van der Waals surface area (Å²) in [5.41, 5.74) is 0. The molecule has 0 aromatic carbocycles. The minimum atomic E-state index is -2.89. The molecule has 0 N–H and O–H groups in total. The van der Waals surface area contributed by atoms with E-state index in [0.717, 1.165) is 4.13 Å². The van der Waals surface area contributed by atoms with E-state index in [9.17, 15) is 0 Å². The van der Waals surface area contributed by atoms with Crippen LogP contribution in [-0.2, 0) is 30.0 Å². The average molecular weight is 213 g/mol. The van der Waals surface area contributed by atoms with Gasteiger partial charge in [0.2, 0.25) is 0 Å². The van der Waals surface area contributed by atoms with Gasteiger partial charge in [0.15, 0.2) is 0 Å². The fourth-order valence-corrected chi connectivity index (χ4v) is 4.04. The van der Waals surface area contributed by atoms with Crippen molar-refractivity contribution in [2.45, 2.75) is 11.1 Å². The van der Waals surface area contributed by atoms with Gasteiger partial charge in [-0.05, 0) is 0 Å². The van der Waals surface area contributed by atoms with E-state index < -0.39 is 21.6 Å². The van der Waals surface area contributed by atoms with Crippen molar-refractivity contribution in [1.82, 2.24) is 0 Å². The summed E-state index contributed by atoms with van der Waals surface area (Å²) in [4.78, 5) is 0. The maximum absolute atomic E-state index is 5.15. The van der Waals surface area contributed by atoms with E-state index in [1.165, 1.54) is 0 Å². The van der Waals surface area contributed by atoms with E-state index in [1.807, 2.05) is 6.92 Å². The molecule has 0 saturated heterocycles. The molecule has 4 heteroatoms. The molecule has 0 unspecified atom stereocenters. The van der Waals surface area contributed by atoms with Gasteiger partial charge in [-0.3, -0.25) is 0 Å². The molecule has 0 bridgehead atoms. The molecular weight excluding hydrogens is 199 g/mol. The first-order valence-electron chi connectivity index (χ1n) is 2.90. The first-order valence-corrected chi connectivity index (χ1v) is 7.65. The van der Waals surface area contributed by atoms with Gasteiger partial charge in [-0.2, -0.15) is 0 Å². The Kier molecular flexibility index (Phi) is 4.95. The van der Waals surface area contributed by atoms with Crippen LogP contribution in [0.15, 0.2) is 0 Å². The van der Waals surface area contributed by atoms with E-state index in [-0.39, 0.29) is 0 Å². The van der Waals surface area contributed by atoms with Gasteiger partial charge in [-0.25, -0.2) is 0 Å². The fraction of sp³-hybridized carbons (Fsp3) is 1.00. The van der Waals surface area contributed by atoms with Gasteiger partial charge >= 0.3 is 62.4 Å². The molecule has 0 saturated carbocycles. The van der Waals surface area contributed by atoms with E-state index in [2.05, 4.69) is 0 Å². The van der Waals surface area contributed by atoms with Crippen molar-refractivity contribution in [2.24, 2.45) is 0 Å². The van der Waals surface area contributed by atoms with Crippen LogP contribution in [0, 0.1) is 0 Å². The molecule has 0 heterocycles. The second-order valence-corrected chi connectivity index (χ2v) is 9.76. The molecule has 0 radical (unpaired) electrons. The Morgan fingerprint density at radius 3 is 1.33 bits per heavy atom. The SMILES string of the molecule is C[CH2][Zr]([O]C)([O]C)[O]C. The molecule has 9 heavy (non-hydrogen) atoms. The van der Waals surface area contributed by atoms with E-state index in [1.54, 1.807) is 21.3 Å². The summed E-state index contributed by atoms with van der Waals surface area (Å²) in [6.45, 7) is 2.02. The van der Waals surface area contributed by atoms with Crippen molar-refractivity contribution in [3.63, 3.8) is 0 Å². The van der Waals surface area contributed by atoms with Crippen LogP contribution in [0.1, 0.15) is 6.92 Å². The van der Waals surface area contributed by atoms with Crippen molar-refractivity contribution >= 4 is 0 Å². The van der Waals surface area contributed by atoms with Gasteiger partial charge in [0, 0.05) is 0 Å². The number of hydrogen-bond donors (Lipinski definition) is 0. The monoisotopic (exact) mass is 212 g/mol. The molecule has 0 aliphatic heterocycles. The zero-order valence-electron chi connectivity index (χ0n) is 6.43. The van der Waals surface area contributed by atoms with Crippen molar-refractivity contribution in [3.8, 4) is 0 Å². The minimum absolute atomic E-state index is 0.887. The quantitative estimate of drug-likeness (QED) is 0.704. The molecule has 0 aromatic rings. The van der Waals surface area contributed by atoms with Crippen LogP contribution in [0.5, 0.6) is 0 Å². The van der Waals surface area contributed by atoms with E-state index in [0.29, 0.717) is 0 Å². The first kappa shape index (κ1) is 9.76. The van der Waals surface area contributed by atoms with Gasteiger partial charge < -0.3 is 0 Å². The second-order valence-electron chi connectivity index (χ2n) is 1.65. The predicted molar refractivity (Wildman–Crippen MR) is 31.5 cm³/mol. The molecule has 0 rings (SSSR count). The third kappa shape index (κ3) is 2.46. The Hall–Kier alpha value is 0.763. The first-order chi connectivity index (χ1) is 4.24. The molecule has 0 fully saturated rings. The third-order valence-corrected chi connectivity index (χ3v) is 8.08. The molecule has 3 nitrogen and oxygen atoms in total. The van der Waals surface area contributed by atoms with Crippen molar-refractivity contribution < 1.29 is 30.0 Å². The summed E-state index contributed by atoms with van der Waals surface area (Å²) >= 11 is -2.89. The van der Waals surface area contributed by atoms with Crippen LogP contribution >= 0.6 is 0 Å². The summed E-state index contributed by atoms with van der Waals surface area (Å²) in [6.07, 6.45) is 0. The van der Waals surface area contributed by atoms with Crippen molar-refractivity contribution in [1.29, 1.82) is 0 Å². The summed E-state index contributed by atoms with van der Waals surface area (Å²) in [5, 5.41) is 0. The molecule has 0 aliphatic rings. The maximum atomic E-state index is 5.15. The van der Waals surface area contributed by atoms with Gasteiger partial charge in [0.1, 0.15) is 0 Å². The van der Waals surface area contributed by atoms with Gasteiger partial charge in [-0.15, -0.1) is 0 Å². The normalized spacial score (nSPS) is 12.0. The molecule has 56 valence electrons. The van der Waals surface area contributed by atoms with Crippen molar-refractivity contribution in [2.75, 3.05) is 21.3 Å². The average Bonchev–Trinajstić information content (AvgIpc) is 1.95. The van der Waals surface area contributed by atoms with Gasteiger partial charge in [-0.1, -0.05) is 0 Å². The van der Waals surface area contributed by atoms with Gasteiger partial charge in [0.25, 0.3) is 0 Å². The zero-order chi connectivity index (χ0) is 7.33. The standard InChI is InChI=1S/C2H5.3CH3O.Zr/c4*1-2;/h1H2,2H3;3*1H3;/q;3*-1;+3. The van der Waals surface area contributed by atoms with Crippen LogP contribution in [-0.4, -0.2) is 21.3 Å². The summed E-state index contributed by atoms with van der Waals surface area (Å²) in [6, 6.07) is 0. The molecule has 0 spiro atoms. The van der Waals surface area contributed by atoms with Crippen LogP contribution in [0.25, 0.3) is 0 Å². The molecule has 0 amide bonds. The van der Waals surface area contributed by atoms with E-state index in [4.69, 9.17) is 8.44 Å². The Bertz CT molecular complexity index is 55.1. The van der Waals surface area contributed by atoms with Gasteiger partial charge in [0.05, 0.1) is 0 Å². The fourth-order valence-electron chi connectivity index (χ4n) is 0.683. The second kappa shape index (κ2) is 4.56. The molecular formula is C5H14O3Zr. The Morgan fingerprint density at radius 2 is 1.33 bits per heavy atom. The summed E-state index contributed by atoms with van der Waals surface area (Å²) < 4.78 is 16.3. The topological polar surface area (TPSA) is 27.7 Å². The molecule has 0 aromatic heterocycles. The molecule has 0 atom stereocenters. The zero-order valence-corrected chi connectivity index (χ0v) is 8.89. The van der Waals surface area contributed by atoms with Crippen LogP contribution in [0.4, 0.5) is 0 Å². The van der Waals surface area contributed by atoms with Crippen LogP contribution < -0.4 is 0 Å². The Balaban J connectivity index is 3.82. The number of rotatable bonds is 4.